The third kappa shape index (κ3) is 3.11. The van der Waals surface area contributed by atoms with Crippen molar-refractivity contribution in [2.45, 2.75) is 18.9 Å². The Kier molecular flexibility index (Phi) is 4.16. The minimum atomic E-state index is -0.499. The van der Waals surface area contributed by atoms with Gasteiger partial charge in [-0.05, 0) is 19.4 Å². The van der Waals surface area contributed by atoms with E-state index in [9.17, 15) is 9.59 Å². The maximum Gasteiger partial charge on any atom is 0.272 e. The van der Waals surface area contributed by atoms with E-state index in [0.717, 1.165) is 19.4 Å². The van der Waals surface area contributed by atoms with Gasteiger partial charge in [-0.1, -0.05) is 0 Å². The molecule has 1 atom stereocenters. The number of piperidine rings is 1. The van der Waals surface area contributed by atoms with Crippen molar-refractivity contribution in [1.82, 2.24) is 19.8 Å². The Hall–Kier alpha value is -1.89. The highest BCUT2D eigenvalue weighted by atomic mass is 16.2. The van der Waals surface area contributed by atoms with E-state index in [-0.39, 0.29) is 18.5 Å². The van der Waals surface area contributed by atoms with Crippen LogP contribution >= 0.6 is 0 Å². The zero-order valence-corrected chi connectivity index (χ0v) is 11.0. The molecule has 7 heteroatoms. The standard InChI is InChI=1S/C12H19N5O2/c1-16-8-15-6-10(16)12(19)17(7-11(13)18)9-3-2-4-14-5-9/h6,8-9,14H,2-5,7H2,1H3,(H2,13,18). The summed E-state index contributed by atoms with van der Waals surface area (Å²) < 4.78 is 1.65. The van der Waals surface area contributed by atoms with Gasteiger partial charge in [0.15, 0.2) is 0 Å². The van der Waals surface area contributed by atoms with Crippen molar-refractivity contribution in [2.75, 3.05) is 19.6 Å². The van der Waals surface area contributed by atoms with Gasteiger partial charge in [-0.15, -0.1) is 0 Å². The topological polar surface area (TPSA) is 93.2 Å². The van der Waals surface area contributed by atoms with E-state index >= 15 is 0 Å². The Balaban J connectivity index is 2.19. The van der Waals surface area contributed by atoms with Crippen LogP contribution in [0.3, 0.4) is 0 Å². The Labute approximate surface area is 111 Å². The van der Waals surface area contributed by atoms with Gasteiger partial charge in [-0.2, -0.15) is 0 Å². The van der Waals surface area contributed by atoms with Crippen molar-refractivity contribution in [3.63, 3.8) is 0 Å². The predicted octanol–water partition coefficient (Wildman–Crippen LogP) is -0.900. The molecule has 1 aliphatic heterocycles. The number of carbonyl (C=O) groups is 2. The highest BCUT2D eigenvalue weighted by molar-refractivity contribution is 5.95. The molecule has 2 rings (SSSR count). The van der Waals surface area contributed by atoms with Gasteiger partial charge in [0.1, 0.15) is 12.2 Å². The number of rotatable bonds is 4. The molecule has 3 N–H and O–H groups in total. The molecule has 7 nitrogen and oxygen atoms in total. The normalized spacial score (nSPS) is 19.1. The second kappa shape index (κ2) is 5.83. The molecule has 1 aromatic heterocycles. The summed E-state index contributed by atoms with van der Waals surface area (Å²) >= 11 is 0. The molecule has 19 heavy (non-hydrogen) atoms. The van der Waals surface area contributed by atoms with Crippen molar-refractivity contribution in [3.05, 3.63) is 18.2 Å². The lowest BCUT2D eigenvalue weighted by atomic mass is 10.1. The molecule has 0 aromatic carbocycles. The first-order chi connectivity index (χ1) is 9.09. The third-order valence-corrected chi connectivity index (χ3v) is 3.33. The molecule has 1 aromatic rings. The summed E-state index contributed by atoms with van der Waals surface area (Å²) in [5, 5.41) is 3.23. The monoisotopic (exact) mass is 265 g/mol. The van der Waals surface area contributed by atoms with E-state index < -0.39 is 5.91 Å². The van der Waals surface area contributed by atoms with Gasteiger partial charge in [0.25, 0.3) is 5.91 Å². The zero-order chi connectivity index (χ0) is 13.8. The van der Waals surface area contributed by atoms with Gasteiger partial charge in [-0.25, -0.2) is 4.98 Å². The summed E-state index contributed by atoms with van der Waals surface area (Å²) in [6.45, 7) is 1.58. The minimum Gasteiger partial charge on any atom is -0.368 e. The van der Waals surface area contributed by atoms with Gasteiger partial charge in [0, 0.05) is 19.6 Å². The number of hydrogen-bond donors (Lipinski definition) is 2. The Morgan fingerprint density at radius 2 is 2.42 bits per heavy atom. The number of primary amides is 1. The second-order valence-electron chi connectivity index (χ2n) is 4.79. The molecule has 1 unspecified atom stereocenters. The van der Waals surface area contributed by atoms with Crippen LogP contribution in [0.2, 0.25) is 0 Å². The summed E-state index contributed by atoms with van der Waals surface area (Å²) in [6, 6.07) is 0.00338. The fraction of sp³-hybridized carbons (Fsp3) is 0.583. The van der Waals surface area contributed by atoms with Crippen LogP contribution in [0.1, 0.15) is 23.3 Å². The molecule has 0 saturated carbocycles. The largest absolute Gasteiger partial charge is 0.368 e. The van der Waals surface area contributed by atoms with Gasteiger partial charge in [0.2, 0.25) is 5.91 Å². The Morgan fingerprint density at radius 3 is 2.95 bits per heavy atom. The molecule has 1 saturated heterocycles. The fourth-order valence-electron chi connectivity index (χ4n) is 2.34. The summed E-state index contributed by atoms with van der Waals surface area (Å²) in [4.78, 5) is 29.2. The number of carbonyl (C=O) groups excluding carboxylic acids is 2. The molecule has 104 valence electrons. The van der Waals surface area contributed by atoms with Gasteiger partial charge in [0.05, 0.1) is 12.5 Å². The maximum atomic E-state index is 12.5. The molecule has 2 heterocycles. The minimum absolute atomic E-state index is 0.00338. The van der Waals surface area contributed by atoms with E-state index in [1.54, 1.807) is 22.8 Å². The lowest BCUT2D eigenvalue weighted by molar-refractivity contribution is -0.119. The van der Waals surface area contributed by atoms with Crippen LogP contribution in [0.25, 0.3) is 0 Å². The highest BCUT2D eigenvalue weighted by Crippen LogP contribution is 2.14. The van der Waals surface area contributed by atoms with Crippen molar-refractivity contribution < 1.29 is 9.59 Å². The number of aryl methyl sites for hydroxylation is 1. The third-order valence-electron chi connectivity index (χ3n) is 3.33. The molecular formula is C12H19N5O2. The average molecular weight is 265 g/mol. The van der Waals surface area contributed by atoms with Crippen molar-refractivity contribution in [1.29, 1.82) is 0 Å². The Bertz CT molecular complexity index is 464. The van der Waals surface area contributed by atoms with Crippen LogP contribution in [0, 0.1) is 0 Å². The molecule has 0 bridgehead atoms. The first-order valence-corrected chi connectivity index (χ1v) is 6.36. The molecule has 1 aliphatic rings. The van der Waals surface area contributed by atoms with Crippen molar-refractivity contribution >= 4 is 11.8 Å². The van der Waals surface area contributed by atoms with Crippen LogP contribution in [-0.4, -0.2) is 51.9 Å². The lowest BCUT2D eigenvalue weighted by Gasteiger charge is -2.33. The molecule has 2 amide bonds. The SMILES string of the molecule is Cn1cncc1C(=O)N(CC(N)=O)C1CCCNC1. The van der Waals surface area contributed by atoms with Crippen LogP contribution in [-0.2, 0) is 11.8 Å². The second-order valence-corrected chi connectivity index (χ2v) is 4.79. The number of aromatic nitrogens is 2. The average Bonchev–Trinajstić information content (AvgIpc) is 2.82. The van der Waals surface area contributed by atoms with E-state index in [1.807, 2.05) is 0 Å². The summed E-state index contributed by atoms with van der Waals surface area (Å²) in [5.74, 6) is -0.700. The number of hydrogen-bond acceptors (Lipinski definition) is 4. The number of amides is 2. The summed E-state index contributed by atoms with van der Waals surface area (Å²) in [7, 11) is 1.75. The van der Waals surface area contributed by atoms with Gasteiger partial charge in [-0.3, -0.25) is 9.59 Å². The summed E-state index contributed by atoms with van der Waals surface area (Å²) in [5.41, 5.74) is 5.72. The predicted molar refractivity (Wildman–Crippen MR) is 69.3 cm³/mol. The van der Waals surface area contributed by atoms with Crippen LogP contribution in [0.5, 0.6) is 0 Å². The molecular weight excluding hydrogens is 246 g/mol. The van der Waals surface area contributed by atoms with Crippen LogP contribution < -0.4 is 11.1 Å². The van der Waals surface area contributed by atoms with Crippen LogP contribution in [0.15, 0.2) is 12.5 Å². The summed E-state index contributed by atoms with van der Waals surface area (Å²) in [6.07, 6.45) is 4.93. The molecule has 0 spiro atoms. The maximum absolute atomic E-state index is 12.5. The van der Waals surface area contributed by atoms with Crippen molar-refractivity contribution in [2.24, 2.45) is 12.8 Å². The smallest absolute Gasteiger partial charge is 0.272 e. The zero-order valence-electron chi connectivity index (χ0n) is 11.0. The quantitative estimate of drug-likeness (QED) is 0.738. The van der Waals surface area contributed by atoms with E-state index in [4.69, 9.17) is 5.73 Å². The highest BCUT2D eigenvalue weighted by Gasteiger charge is 2.28. The number of nitrogens with zero attached hydrogens (tertiary/aromatic N) is 3. The molecule has 0 radical (unpaired) electrons. The van der Waals surface area contributed by atoms with E-state index in [2.05, 4.69) is 10.3 Å². The van der Waals surface area contributed by atoms with E-state index in [0.29, 0.717) is 12.2 Å². The first kappa shape index (κ1) is 13.5. The van der Waals surface area contributed by atoms with Crippen LogP contribution in [0.4, 0.5) is 0 Å². The van der Waals surface area contributed by atoms with Gasteiger partial charge >= 0.3 is 0 Å². The molecule has 0 aliphatic carbocycles. The number of nitrogens with one attached hydrogen (secondary N) is 1. The van der Waals surface area contributed by atoms with Gasteiger partial charge < -0.3 is 20.5 Å². The number of imidazole rings is 1. The van der Waals surface area contributed by atoms with E-state index in [1.165, 1.54) is 6.20 Å². The van der Waals surface area contributed by atoms with Crippen molar-refractivity contribution in [3.8, 4) is 0 Å². The fourth-order valence-corrected chi connectivity index (χ4v) is 2.34. The number of nitrogens with two attached hydrogens (primary N) is 1. The molecule has 1 fully saturated rings. The Morgan fingerprint density at radius 1 is 1.63 bits per heavy atom. The first-order valence-electron chi connectivity index (χ1n) is 6.36. The lowest BCUT2D eigenvalue weighted by Crippen LogP contribution is -2.51.